The van der Waals surface area contributed by atoms with E-state index >= 15 is 0 Å². The van der Waals surface area contributed by atoms with Gasteiger partial charge in [-0.05, 0) is 67.2 Å². The molecule has 0 atom stereocenters. The third-order valence-corrected chi connectivity index (χ3v) is 6.58. The maximum Gasteiger partial charge on any atom is 0.0663 e. The van der Waals surface area contributed by atoms with Crippen molar-refractivity contribution in [2.75, 3.05) is 4.90 Å². The van der Waals surface area contributed by atoms with Crippen molar-refractivity contribution in [1.82, 2.24) is 0 Å². The zero-order chi connectivity index (χ0) is 24.6. The second kappa shape index (κ2) is 11.5. The van der Waals surface area contributed by atoms with E-state index in [2.05, 4.69) is 139 Å². The summed E-state index contributed by atoms with van der Waals surface area (Å²) in [6.45, 7) is 2.75. The predicted molar refractivity (Wildman–Crippen MR) is 155 cm³/mol. The summed E-state index contributed by atoms with van der Waals surface area (Å²) < 4.78 is 0. The lowest BCUT2D eigenvalue weighted by Crippen LogP contribution is -2.14. The summed E-state index contributed by atoms with van der Waals surface area (Å²) in [6, 6.07) is 27.9. The minimum atomic E-state index is 0.629. The highest BCUT2D eigenvalue weighted by atomic mass is 15.1. The Morgan fingerprint density at radius 2 is 1.56 bits per heavy atom. The van der Waals surface area contributed by atoms with Gasteiger partial charge in [0.15, 0.2) is 0 Å². The fourth-order valence-corrected chi connectivity index (χ4v) is 4.70. The average molecular weight is 469 g/mol. The molecule has 36 heavy (non-hydrogen) atoms. The average Bonchev–Trinajstić information content (AvgIpc) is 3.24. The van der Waals surface area contributed by atoms with Crippen LogP contribution in [0.3, 0.4) is 0 Å². The van der Waals surface area contributed by atoms with Crippen LogP contribution in [0.2, 0.25) is 0 Å². The van der Waals surface area contributed by atoms with Crippen LogP contribution in [-0.2, 0) is 6.54 Å². The van der Waals surface area contributed by atoms with E-state index in [1.165, 1.54) is 22.3 Å². The summed E-state index contributed by atoms with van der Waals surface area (Å²) in [5, 5.41) is 0. The summed E-state index contributed by atoms with van der Waals surface area (Å²) in [7, 11) is 0. The Labute approximate surface area is 215 Å². The monoisotopic (exact) mass is 468 g/mol. The van der Waals surface area contributed by atoms with Crippen molar-refractivity contribution < 1.29 is 0 Å². The second-order valence-electron chi connectivity index (χ2n) is 9.05. The Morgan fingerprint density at radius 3 is 2.39 bits per heavy atom. The molecule has 3 aromatic carbocycles. The van der Waals surface area contributed by atoms with Gasteiger partial charge in [-0.15, -0.1) is 0 Å². The third kappa shape index (κ3) is 5.39. The summed E-state index contributed by atoms with van der Waals surface area (Å²) in [5.41, 5.74) is 9.37. The Morgan fingerprint density at radius 1 is 0.778 bits per heavy atom. The van der Waals surface area contributed by atoms with E-state index < -0.39 is 0 Å². The number of nitrogens with zero attached hydrogens (tertiary/aromatic N) is 2. The topological polar surface area (TPSA) is 15.6 Å². The minimum Gasteiger partial charge on any atom is -0.310 e. The second-order valence-corrected chi connectivity index (χ2v) is 9.05. The maximum atomic E-state index is 5.01. The Bertz CT molecular complexity index is 1380. The van der Waals surface area contributed by atoms with Crippen molar-refractivity contribution in [2.45, 2.75) is 32.7 Å². The summed E-state index contributed by atoms with van der Waals surface area (Å²) in [4.78, 5) is 7.39. The highest BCUT2D eigenvalue weighted by Crippen LogP contribution is 2.41. The molecule has 178 valence electrons. The number of benzene rings is 3. The molecule has 2 heteroatoms. The molecule has 0 fully saturated rings. The molecule has 2 nitrogen and oxygen atoms in total. The van der Waals surface area contributed by atoms with Gasteiger partial charge in [0, 0.05) is 17.0 Å². The standard InChI is InChI=1S/C34H32N2/c1-27(28-16-8-4-9-17-28)35-26-30-20-12-14-24-33(30)36(31-21-10-5-11-22-31)34-25-15-13-23-32(34)29-18-6-2-3-7-19-29/h2,5-8,10-25H,3-4,9,26H2,1H3/b35-27+. The van der Waals surface area contributed by atoms with Gasteiger partial charge in [-0.1, -0.05) is 103 Å². The fourth-order valence-electron chi connectivity index (χ4n) is 4.70. The molecule has 0 heterocycles. The van der Waals surface area contributed by atoms with Crippen molar-refractivity contribution in [1.29, 1.82) is 0 Å². The quantitative estimate of drug-likeness (QED) is 0.315. The van der Waals surface area contributed by atoms with Crippen LogP contribution in [0, 0.1) is 0 Å². The molecule has 0 saturated carbocycles. The molecule has 0 radical (unpaired) electrons. The van der Waals surface area contributed by atoms with E-state index in [0.717, 1.165) is 42.0 Å². The molecule has 0 N–H and O–H groups in total. The lowest BCUT2D eigenvalue weighted by molar-refractivity contribution is 1.02. The maximum absolute atomic E-state index is 5.01. The number of anilines is 3. The first-order valence-corrected chi connectivity index (χ1v) is 12.8. The number of aliphatic imine (C=N–C) groups is 1. The first kappa shape index (κ1) is 23.6. The lowest BCUT2D eigenvalue weighted by Gasteiger charge is -2.29. The van der Waals surface area contributed by atoms with E-state index in [4.69, 9.17) is 4.99 Å². The summed E-state index contributed by atoms with van der Waals surface area (Å²) in [6.07, 6.45) is 20.9. The van der Waals surface area contributed by atoms with Gasteiger partial charge in [-0.2, -0.15) is 0 Å². The van der Waals surface area contributed by atoms with Crippen molar-refractivity contribution in [3.05, 3.63) is 144 Å². The normalized spacial score (nSPS) is 15.3. The van der Waals surface area contributed by atoms with Gasteiger partial charge in [0.05, 0.1) is 17.9 Å². The molecule has 2 aliphatic rings. The number of para-hydroxylation sites is 3. The van der Waals surface area contributed by atoms with Crippen molar-refractivity contribution >= 4 is 28.3 Å². The van der Waals surface area contributed by atoms with E-state index in [1.807, 2.05) is 0 Å². The highest BCUT2D eigenvalue weighted by molar-refractivity contribution is 6.01. The van der Waals surface area contributed by atoms with Gasteiger partial charge < -0.3 is 4.90 Å². The van der Waals surface area contributed by atoms with Gasteiger partial charge in [0.25, 0.3) is 0 Å². The molecule has 0 spiro atoms. The van der Waals surface area contributed by atoms with Crippen LogP contribution >= 0.6 is 0 Å². The minimum absolute atomic E-state index is 0.629. The zero-order valence-corrected chi connectivity index (χ0v) is 20.8. The van der Waals surface area contributed by atoms with Crippen LogP contribution in [0.25, 0.3) is 5.57 Å². The van der Waals surface area contributed by atoms with Crippen molar-refractivity contribution in [3.8, 4) is 0 Å². The molecule has 0 unspecified atom stereocenters. The molecular weight excluding hydrogens is 436 g/mol. The SMILES string of the molecule is C/C(=N\Cc1ccccc1N(c1ccccc1)c1ccccc1C1=CC=CCC=C1)C1=CCCC=C1. The molecule has 5 rings (SSSR count). The van der Waals surface area contributed by atoms with Crippen molar-refractivity contribution in [2.24, 2.45) is 4.99 Å². The van der Waals surface area contributed by atoms with Crippen LogP contribution in [-0.4, -0.2) is 5.71 Å². The predicted octanol–water partition coefficient (Wildman–Crippen LogP) is 9.29. The Kier molecular flexibility index (Phi) is 7.53. The number of rotatable bonds is 7. The van der Waals surface area contributed by atoms with Gasteiger partial charge in [-0.3, -0.25) is 4.99 Å². The van der Waals surface area contributed by atoms with Crippen LogP contribution in [0.15, 0.2) is 138 Å². The molecule has 2 aliphatic carbocycles. The van der Waals surface area contributed by atoms with E-state index in [0.29, 0.717) is 6.54 Å². The summed E-state index contributed by atoms with van der Waals surface area (Å²) in [5.74, 6) is 0. The lowest BCUT2D eigenvalue weighted by atomic mass is 10.00. The van der Waals surface area contributed by atoms with E-state index in [9.17, 15) is 0 Å². The van der Waals surface area contributed by atoms with Gasteiger partial charge in [0.1, 0.15) is 0 Å². The van der Waals surface area contributed by atoms with Crippen LogP contribution in [0.4, 0.5) is 17.1 Å². The fraction of sp³-hybridized carbons (Fsp3) is 0.147. The Hall–Kier alpha value is -4.17. The van der Waals surface area contributed by atoms with Gasteiger partial charge >= 0.3 is 0 Å². The largest absolute Gasteiger partial charge is 0.310 e. The molecule has 0 aromatic heterocycles. The van der Waals surface area contributed by atoms with Crippen molar-refractivity contribution in [3.63, 3.8) is 0 Å². The molecule has 0 amide bonds. The van der Waals surface area contributed by atoms with Crippen LogP contribution in [0.1, 0.15) is 37.3 Å². The molecule has 0 saturated heterocycles. The Balaban J connectivity index is 1.61. The molecule has 0 aliphatic heterocycles. The number of allylic oxidation sites excluding steroid dienone is 10. The third-order valence-electron chi connectivity index (χ3n) is 6.58. The number of hydrogen-bond donors (Lipinski definition) is 0. The zero-order valence-electron chi connectivity index (χ0n) is 20.8. The van der Waals surface area contributed by atoms with E-state index in [-0.39, 0.29) is 0 Å². The van der Waals surface area contributed by atoms with Crippen LogP contribution in [0.5, 0.6) is 0 Å². The molecule has 0 bridgehead atoms. The summed E-state index contributed by atoms with van der Waals surface area (Å²) >= 11 is 0. The van der Waals surface area contributed by atoms with Gasteiger partial charge in [-0.25, -0.2) is 0 Å². The number of hydrogen-bond acceptors (Lipinski definition) is 2. The molecule has 3 aromatic rings. The van der Waals surface area contributed by atoms with Gasteiger partial charge in [0.2, 0.25) is 0 Å². The highest BCUT2D eigenvalue weighted by Gasteiger charge is 2.19. The molecular formula is C34H32N2. The smallest absolute Gasteiger partial charge is 0.0663 e. The van der Waals surface area contributed by atoms with E-state index in [1.54, 1.807) is 0 Å². The first-order chi connectivity index (χ1) is 17.8. The first-order valence-electron chi connectivity index (χ1n) is 12.8. The van der Waals surface area contributed by atoms with Crippen LogP contribution < -0.4 is 4.90 Å².